The molecule has 0 saturated carbocycles. The molecule has 5 heteroatoms. The molecule has 1 atom stereocenters. The van der Waals surface area contributed by atoms with Crippen molar-refractivity contribution in [1.82, 2.24) is 0 Å². The Kier molecular flexibility index (Phi) is 4.89. The molecule has 0 amide bonds. The fourth-order valence-corrected chi connectivity index (χ4v) is 2.59. The Balaban J connectivity index is 2.19. The Morgan fingerprint density at radius 2 is 2.00 bits per heavy atom. The molecule has 0 aliphatic rings. The maximum atomic E-state index is 13.7. The van der Waals surface area contributed by atoms with E-state index in [2.05, 4.69) is 21.2 Å². The van der Waals surface area contributed by atoms with E-state index in [4.69, 9.17) is 16.3 Å². The zero-order valence-corrected chi connectivity index (χ0v) is 13.4. The minimum absolute atomic E-state index is 0.0483. The Morgan fingerprint density at radius 1 is 1.25 bits per heavy atom. The van der Waals surface area contributed by atoms with Gasteiger partial charge >= 0.3 is 0 Å². The predicted octanol–water partition coefficient (Wildman–Crippen LogP) is 5.42. The highest BCUT2D eigenvalue weighted by molar-refractivity contribution is 9.10. The van der Waals surface area contributed by atoms with Gasteiger partial charge in [0.2, 0.25) is 0 Å². The van der Waals surface area contributed by atoms with Crippen LogP contribution in [0.2, 0.25) is 5.02 Å². The predicted molar refractivity (Wildman–Crippen MR) is 84.1 cm³/mol. The van der Waals surface area contributed by atoms with Gasteiger partial charge in [0.15, 0.2) is 0 Å². The molecule has 2 aromatic carbocycles. The van der Waals surface area contributed by atoms with Crippen molar-refractivity contribution in [2.45, 2.75) is 13.0 Å². The lowest BCUT2D eigenvalue weighted by Gasteiger charge is -2.17. The van der Waals surface area contributed by atoms with Gasteiger partial charge in [-0.2, -0.15) is 0 Å². The van der Waals surface area contributed by atoms with Crippen LogP contribution in [0.15, 0.2) is 40.9 Å². The van der Waals surface area contributed by atoms with E-state index in [1.807, 2.05) is 25.1 Å². The average Bonchev–Trinajstić information content (AvgIpc) is 2.41. The summed E-state index contributed by atoms with van der Waals surface area (Å²) in [6.45, 7) is 1.96. The minimum Gasteiger partial charge on any atom is -0.496 e. The molecule has 0 aromatic heterocycles. The summed E-state index contributed by atoms with van der Waals surface area (Å²) in [7, 11) is 1.62. The highest BCUT2D eigenvalue weighted by Gasteiger charge is 2.11. The number of hydrogen-bond acceptors (Lipinski definition) is 2. The lowest BCUT2D eigenvalue weighted by atomic mass is 10.1. The van der Waals surface area contributed by atoms with Gasteiger partial charge in [-0.1, -0.05) is 17.7 Å². The van der Waals surface area contributed by atoms with E-state index in [1.165, 1.54) is 6.07 Å². The van der Waals surface area contributed by atoms with Crippen molar-refractivity contribution in [1.29, 1.82) is 0 Å². The fourth-order valence-electron chi connectivity index (χ4n) is 1.88. The molecule has 0 fully saturated rings. The number of nitrogens with one attached hydrogen (secondary N) is 1. The SMILES string of the molecule is COc1ccc(C(C)Nc2ccc(Cl)cc2F)cc1Br. The van der Waals surface area contributed by atoms with Crippen LogP contribution in [0.4, 0.5) is 10.1 Å². The molecule has 2 rings (SSSR count). The molecule has 0 saturated heterocycles. The summed E-state index contributed by atoms with van der Waals surface area (Å²) >= 11 is 9.18. The number of benzene rings is 2. The van der Waals surface area contributed by atoms with Crippen LogP contribution in [0, 0.1) is 5.82 Å². The van der Waals surface area contributed by atoms with Crippen molar-refractivity contribution >= 4 is 33.2 Å². The van der Waals surface area contributed by atoms with E-state index in [0.29, 0.717) is 10.7 Å². The molecule has 0 radical (unpaired) electrons. The van der Waals surface area contributed by atoms with Crippen molar-refractivity contribution in [3.8, 4) is 5.75 Å². The average molecular weight is 359 g/mol. The summed E-state index contributed by atoms with van der Waals surface area (Å²) in [6.07, 6.45) is 0. The second-order valence-electron chi connectivity index (χ2n) is 4.38. The van der Waals surface area contributed by atoms with Crippen LogP contribution in [-0.4, -0.2) is 7.11 Å². The third-order valence-electron chi connectivity index (χ3n) is 2.98. The van der Waals surface area contributed by atoms with E-state index < -0.39 is 0 Å². The minimum atomic E-state index is -0.364. The van der Waals surface area contributed by atoms with E-state index in [-0.39, 0.29) is 11.9 Å². The molecular weight excluding hydrogens is 345 g/mol. The summed E-state index contributed by atoms with van der Waals surface area (Å²) in [5.41, 5.74) is 1.45. The number of anilines is 1. The van der Waals surface area contributed by atoms with Crippen molar-refractivity contribution in [2.24, 2.45) is 0 Å². The standard InChI is InChI=1S/C15H14BrClFNO/c1-9(10-3-6-15(20-2)12(16)7-10)19-14-5-4-11(17)8-13(14)18/h3-9,19H,1-2H3. The molecule has 2 aromatic rings. The largest absolute Gasteiger partial charge is 0.496 e. The normalized spacial score (nSPS) is 12.1. The number of methoxy groups -OCH3 is 1. The third-order valence-corrected chi connectivity index (χ3v) is 3.83. The van der Waals surface area contributed by atoms with Crippen LogP contribution < -0.4 is 10.1 Å². The van der Waals surface area contributed by atoms with Crippen LogP contribution in [0.3, 0.4) is 0 Å². The highest BCUT2D eigenvalue weighted by atomic mass is 79.9. The van der Waals surface area contributed by atoms with E-state index in [1.54, 1.807) is 19.2 Å². The first-order valence-electron chi connectivity index (χ1n) is 6.06. The molecule has 0 aliphatic carbocycles. The lowest BCUT2D eigenvalue weighted by Crippen LogP contribution is -2.08. The van der Waals surface area contributed by atoms with Gasteiger partial charge in [0.25, 0.3) is 0 Å². The molecule has 0 spiro atoms. The highest BCUT2D eigenvalue weighted by Crippen LogP contribution is 2.30. The smallest absolute Gasteiger partial charge is 0.147 e. The maximum absolute atomic E-state index is 13.7. The molecule has 20 heavy (non-hydrogen) atoms. The molecule has 1 N–H and O–H groups in total. The lowest BCUT2D eigenvalue weighted by molar-refractivity contribution is 0.412. The first-order valence-corrected chi connectivity index (χ1v) is 7.23. The Bertz CT molecular complexity index is 621. The molecule has 0 bridgehead atoms. The molecule has 106 valence electrons. The van der Waals surface area contributed by atoms with Crippen molar-refractivity contribution < 1.29 is 9.13 Å². The number of rotatable bonds is 4. The quantitative estimate of drug-likeness (QED) is 0.787. The summed E-state index contributed by atoms with van der Waals surface area (Å²) in [5, 5.41) is 3.51. The number of hydrogen-bond donors (Lipinski definition) is 1. The fraction of sp³-hybridized carbons (Fsp3) is 0.200. The van der Waals surface area contributed by atoms with Crippen molar-refractivity contribution in [2.75, 3.05) is 12.4 Å². The molecule has 1 unspecified atom stereocenters. The monoisotopic (exact) mass is 357 g/mol. The van der Waals surface area contributed by atoms with E-state index >= 15 is 0 Å². The van der Waals surface area contributed by atoms with Crippen LogP contribution in [-0.2, 0) is 0 Å². The maximum Gasteiger partial charge on any atom is 0.147 e. The van der Waals surface area contributed by atoms with Crippen molar-refractivity contribution in [3.05, 3.63) is 57.3 Å². The zero-order chi connectivity index (χ0) is 14.7. The number of ether oxygens (including phenoxy) is 1. The van der Waals surface area contributed by atoms with Gasteiger partial charge < -0.3 is 10.1 Å². The van der Waals surface area contributed by atoms with Gasteiger partial charge in [-0.05, 0) is 58.7 Å². The second kappa shape index (κ2) is 6.46. The van der Waals surface area contributed by atoms with Crippen LogP contribution in [0.25, 0.3) is 0 Å². The van der Waals surface area contributed by atoms with Gasteiger partial charge in [-0.3, -0.25) is 0 Å². The Hall–Kier alpha value is -1.26. The van der Waals surface area contributed by atoms with Crippen LogP contribution in [0.1, 0.15) is 18.5 Å². The Morgan fingerprint density at radius 3 is 2.60 bits per heavy atom. The van der Waals surface area contributed by atoms with E-state index in [0.717, 1.165) is 15.8 Å². The van der Waals surface area contributed by atoms with Gasteiger partial charge in [-0.25, -0.2) is 4.39 Å². The zero-order valence-electron chi connectivity index (χ0n) is 11.1. The molecule has 0 heterocycles. The van der Waals surface area contributed by atoms with Crippen LogP contribution >= 0.6 is 27.5 Å². The van der Waals surface area contributed by atoms with Gasteiger partial charge in [0.1, 0.15) is 11.6 Å². The van der Waals surface area contributed by atoms with Gasteiger partial charge in [0.05, 0.1) is 17.3 Å². The Labute approximate surface area is 131 Å². The number of halogens is 3. The van der Waals surface area contributed by atoms with Crippen LogP contribution in [0.5, 0.6) is 5.75 Å². The van der Waals surface area contributed by atoms with E-state index in [9.17, 15) is 4.39 Å². The first kappa shape index (κ1) is 15.1. The summed E-state index contributed by atoms with van der Waals surface area (Å²) in [5.74, 6) is 0.399. The second-order valence-corrected chi connectivity index (χ2v) is 5.67. The summed E-state index contributed by atoms with van der Waals surface area (Å²) < 4.78 is 19.8. The third kappa shape index (κ3) is 3.44. The van der Waals surface area contributed by atoms with Crippen molar-refractivity contribution in [3.63, 3.8) is 0 Å². The van der Waals surface area contributed by atoms with Gasteiger partial charge in [-0.15, -0.1) is 0 Å². The van der Waals surface area contributed by atoms with Gasteiger partial charge in [0, 0.05) is 11.1 Å². The topological polar surface area (TPSA) is 21.3 Å². The molecule has 0 aliphatic heterocycles. The molecular formula is C15H14BrClFNO. The first-order chi connectivity index (χ1) is 9.51. The molecule has 2 nitrogen and oxygen atoms in total. The summed E-state index contributed by atoms with van der Waals surface area (Å²) in [4.78, 5) is 0. The summed E-state index contributed by atoms with van der Waals surface area (Å²) in [6, 6.07) is 10.3.